The Labute approximate surface area is 108 Å². The fourth-order valence-corrected chi connectivity index (χ4v) is 2.72. The molecule has 2 atom stereocenters. The molecule has 1 rings (SSSR count). The molecule has 4 heteroatoms. The van der Waals surface area contributed by atoms with Crippen molar-refractivity contribution < 1.29 is 14.7 Å². The molecule has 2 unspecified atom stereocenters. The van der Waals surface area contributed by atoms with Crippen molar-refractivity contribution in [3.05, 3.63) is 12.2 Å². The molecule has 1 fully saturated rings. The SMILES string of the molecule is CC(C)(C)C1CCCCC1NC(=O)/C=C/C(=O)O. The molecule has 18 heavy (non-hydrogen) atoms. The Morgan fingerprint density at radius 1 is 1.17 bits per heavy atom. The van der Waals surface area contributed by atoms with Crippen LogP contribution in [0.5, 0.6) is 0 Å². The van der Waals surface area contributed by atoms with Crippen LogP contribution in [0.1, 0.15) is 46.5 Å². The average molecular weight is 253 g/mol. The summed E-state index contributed by atoms with van der Waals surface area (Å²) in [6.07, 6.45) is 6.41. The summed E-state index contributed by atoms with van der Waals surface area (Å²) in [5, 5.41) is 11.4. The Morgan fingerprint density at radius 3 is 2.33 bits per heavy atom. The number of carboxylic acids is 1. The Kier molecular flexibility index (Phi) is 4.93. The van der Waals surface area contributed by atoms with Crippen molar-refractivity contribution in [2.24, 2.45) is 11.3 Å². The van der Waals surface area contributed by atoms with Crippen molar-refractivity contribution in [1.82, 2.24) is 5.32 Å². The van der Waals surface area contributed by atoms with Gasteiger partial charge in [-0.25, -0.2) is 4.79 Å². The molecule has 2 N–H and O–H groups in total. The first-order chi connectivity index (χ1) is 8.30. The van der Waals surface area contributed by atoms with Gasteiger partial charge in [-0.15, -0.1) is 0 Å². The summed E-state index contributed by atoms with van der Waals surface area (Å²) < 4.78 is 0. The van der Waals surface area contributed by atoms with Crippen LogP contribution in [0.2, 0.25) is 0 Å². The number of carbonyl (C=O) groups excluding carboxylic acids is 1. The molecule has 1 saturated carbocycles. The minimum Gasteiger partial charge on any atom is -0.478 e. The van der Waals surface area contributed by atoms with Gasteiger partial charge in [-0.1, -0.05) is 33.6 Å². The van der Waals surface area contributed by atoms with Crippen molar-refractivity contribution in [2.75, 3.05) is 0 Å². The summed E-state index contributed by atoms with van der Waals surface area (Å²) >= 11 is 0. The van der Waals surface area contributed by atoms with Gasteiger partial charge in [-0.05, 0) is 24.2 Å². The normalized spacial score (nSPS) is 25.1. The van der Waals surface area contributed by atoms with E-state index in [1.54, 1.807) is 0 Å². The van der Waals surface area contributed by atoms with E-state index in [4.69, 9.17) is 5.11 Å². The predicted octanol–water partition coefficient (Wildman–Crippen LogP) is 2.35. The molecule has 0 heterocycles. The lowest BCUT2D eigenvalue weighted by atomic mass is 9.69. The van der Waals surface area contributed by atoms with Crippen LogP contribution in [0.3, 0.4) is 0 Å². The Morgan fingerprint density at radius 2 is 1.78 bits per heavy atom. The van der Waals surface area contributed by atoms with E-state index < -0.39 is 5.97 Å². The Bertz CT molecular complexity index is 341. The summed E-state index contributed by atoms with van der Waals surface area (Å²) in [5.41, 5.74) is 0.162. The van der Waals surface area contributed by atoms with E-state index in [2.05, 4.69) is 26.1 Å². The number of hydrogen-bond donors (Lipinski definition) is 2. The standard InChI is InChI=1S/C14H23NO3/c1-14(2,3)10-6-4-5-7-11(10)15-12(16)8-9-13(17)18/h8-11H,4-7H2,1-3H3,(H,15,16)(H,17,18)/b9-8+. The summed E-state index contributed by atoms with van der Waals surface area (Å²) in [4.78, 5) is 22.0. The van der Waals surface area contributed by atoms with Gasteiger partial charge in [-0.3, -0.25) is 4.79 Å². The van der Waals surface area contributed by atoms with Crippen molar-refractivity contribution in [2.45, 2.75) is 52.5 Å². The van der Waals surface area contributed by atoms with E-state index in [1.165, 1.54) is 6.42 Å². The molecule has 0 saturated heterocycles. The third kappa shape index (κ3) is 4.51. The van der Waals surface area contributed by atoms with Crippen molar-refractivity contribution in [3.8, 4) is 0 Å². The highest BCUT2D eigenvalue weighted by Gasteiger charge is 2.34. The smallest absolute Gasteiger partial charge is 0.328 e. The van der Waals surface area contributed by atoms with E-state index in [0.717, 1.165) is 31.4 Å². The van der Waals surface area contributed by atoms with Crippen LogP contribution in [0.25, 0.3) is 0 Å². The zero-order chi connectivity index (χ0) is 13.8. The zero-order valence-corrected chi connectivity index (χ0v) is 11.4. The van der Waals surface area contributed by atoms with E-state index in [0.29, 0.717) is 5.92 Å². The number of amides is 1. The lowest BCUT2D eigenvalue weighted by Gasteiger charge is -2.40. The van der Waals surface area contributed by atoms with Gasteiger partial charge in [0.05, 0.1) is 0 Å². The molecule has 0 aromatic rings. The maximum absolute atomic E-state index is 11.6. The van der Waals surface area contributed by atoms with Crippen LogP contribution in [-0.2, 0) is 9.59 Å². The van der Waals surface area contributed by atoms with Crippen LogP contribution in [0.4, 0.5) is 0 Å². The summed E-state index contributed by atoms with van der Waals surface area (Å²) in [5.74, 6) is -0.951. The third-order valence-corrected chi connectivity index (χ3v) is 3.58. The van der Waals surface area contributed by atoms with Gasteiger partial charge in [0, 0.05) is 18.2 Å². The number of aliphatic carboxylic acids is 1. The van der Waals surface area contributed by atoms with Gasteiger partial charge in [0.1, 0.15) is 0 Å². The van der Waals surface area contributed by atoms with Crippen molar-refractivity contribution in [3.63, 3.8) is 0 Å². The molecule has 0 spiro atoms. The zero-order valence-electron chi connectivity index (χ0n) is 11.4. The highest BCUT2D eigenvalue weighted by Crippen LogP contribution is 2.37. The van der Waals surface area contributed by atoms with E-state index in [1.807, 2.05) is 0 Å². The van der Waals surface area contributed by atoms with E-state index in [9.17, 15) is 9.59 Å². The lowest BCUT2D eigenvalue weighted by molar-refractivity contribution is -0.131. The monoisotopic (exact) mass is 253 g/mol. The lowest BCUT2D eigenvalue weighted by Crippen LogP contribution is -2.46. The second-order valence-corrected chi connectivity index (χ2v) is 6.04. The quantitative estimate of drug-likeness (QED) is 0.759. The van der Waals surface area contributed by atoms with Gasteiger partial charge in [-0.2, -0.15) is 0 Å². The van der Waals surface area contributed by atoms with Crippen LogP contribution in [0.15, 0.2) is 12.2 Å². The molecular weight excluding hydrogens is 230 g/mol. The van der Waals surface area contributed by atoms with Crippen LogP contribution in [0, 0.1) is 11.3 Å². The van der Waals surface area contributed by atoms with Gasteiger partial charge in [0.25, 0.3) is 0 Å². The molecule has 0 aromatic carbocycles. The summed E-state index contributed by atoms with van der Waals surface area (Å²) in [7, 11) is 0. The molecule has 4 nitrogen and oxygen atoms in total. The number of carboxylic acid groups (broad SMARTS) is 1. The molecular formula is C14H23NO3. The van der Waals surface area contributed by atoms with E-state index >= 15 is 0 Å². The van der Waals surface area contributed by atoms with E-state index in [-0.39, 0.29) is 17.4 Å². The van der Waals surface area contributed by atoms with Crippen molar-refractivity contribution >= 4 is 11.9 Å². The fourth-order valence-electron chi connectivity index (χ4n) is 2.72. The second kappa shape index (κ2) is 6.03. The second-order valence-electron chi connectivity index (χ2n) is 6.04. The van der Waals surface area contributed by atoms with Crippen LogP contribution < -0.4 is 5.32 Å². The first-order valence-corrected chi connectivity index (χ1v) is 6.52. The largest absolute Gasteiger partial charge is 0.478 e. The molecule has 0 aromatic heterocycles. The molecule has 0 bridgehead atoms. The number of nitrogens with one attached hydrogen (secondary N) is 1. The molecule has 0 radical (unpaired) electrons. The predicted molar refractivity (Wildman–Crippen MR) is 70.1 cm³/mol. The van der Waals surface area contributed by atoms with Gasteiger partial charge >= 0.3 is 5.97 Å². The fraction of sp³-hybridized carbons (Fsp3) is 0.714. The third-order valence-electron chi connectivity index (χ3n) is 3.58. The topological polar surface area (TPSA) is 66.4 Å². The maximum Gasteiger partial charge on any atom is 0.328 e. The van der Waals surface area contributed by atoms with Gasteiger partial charge < -0.3 is 10.4 Å². The minimum absolute atomic E-state index is 0.157. The Hall–Kier alpha value is -1.32. The minimum atomic E-state index is -1.10. The van der Waals surface area contributed by atoms with Crippen LogP contribution in [-0.4, -0.2) is 23.0 Å². The molecule has 1 aliphatic carbocycles. The average Bonchev–Trinajstić information content (AvgIpc) is 2.25. The van der Waals surface area contributed by atoms with Gasteiger partial charge in [0.15, 0.2) is 0 Å². The highest BCUT2D eigenvalue weighted by atomic mass is 16.4. The number of rotatable bonds is 3. The number of hydrogen-bond acceptors (Lipinski definition) is 2. The maximum atomic E-state index is 11.6. The summed E-state index contributed by atoms with van der Waals surface area (Å²) in [6, 6.07) is 0.157. The first kappa shape index (κ1) is 14.7. The Balaban J connectivity index is 2.63. The summed E-state index contributed by atoms with van der Waals surface area (Å²) in [6.45, 7) is 6.57. The van der Waals surface area contributed by atoms with Gasteiger partial charge in [0.2, 0.25) is 5.91 Å². The number of carbonyl (C=O) groups is 2. The molecule has 1 amide bonds. The van der Waals surface area contributed by atoms with Crippen LogP contribution >= 0.6 is 0 Å². The molecule has 102 valence electrons. The molecule has 1 aliphatic rings. The van der Waals surface area contributed by atoms with Crippen molar-refractivity contribution in [1.29, 1.82) is 0 Å². The molecule has 0 aliphatic heterocycles. The first-order valence-electron chi connectivity index (χ1n) is 6.52. The highest BCUT2D eigenvalue weighted by molar-refractivity contribution is 5.94.